The van der Waals surface area contributed by atoms with Gasteiger partial charge in [-0.3, -0.25) is 0 Å². The number of nitrogens with zero attached hydrogens (tertiary/aromatic N) is 1. The number of halogens is 1. The molecule has 2 aromatic carbocycles. The lowest BCUT2D eigenvalue weighted by molar-refractivity contribution is 1.12. The van der Waals surface area contributed by atoms with Gasteiger partial charge >= 0.3 is 0 Å². The minimum atomic E-state index is 0.600. The van der Waals surface area contributed by atoms with Crippen LogP contribution in [-0.2, 0) is 0 Å². The van der Waals surface area contributed by atoms with Crippen LogP contribution in [0.4, 0.5) is 0 Å². The summed E-state index contributed by atoms with van der Waals surface area (Å²) in [6.07, 6.45) is 0. The Balaban J connectivity index is 2.21. The third-order valence-corrected chi connectivity index (χ3v) is 3.95. The number of aromatic amines is 1. The first-order valence-corrected chi connectivity index (χ1v) is 7.36. The van der Waals surface area contributed by atoms with E-state index in [1.54, 1.807) is 0 Å². The van der Waals surface area contributed by atoms with Crippen molar-refractivity contribution in [3.63, 3.8) is 0 Å². The molecule has 0 aliphatic carbocycles. The quantitative estimate of drug-likeness (QED) is 0.639. The van der Waals surface area contributed by atoms with Crippen LogP contribution in [0.25, 0.3) is 22.6 Å². The van der Waals surface area contributed by atoms with Gasteiger partial charge in [-0.15, -0.1) is 0 Å². The molecule has 0 radical (unpaired) electrons. The molecule has 1 heterocycles. The molecule has 0 unspecified atom stereocenters. The van der Waals surface area contributed by atoms with Crippen molar-refractivity contribution in [2.45, 2.75) is 6.92 Å². The molecule has 0 saturated heterocycles. The molecule has 104 valence electrons. The summed E-state index contributed by atoms with van der Waals surface area (Å²) in [5.41, 5.74) is 3.98. The van der Waals surface area contributed by atoms with Crippen LogP contribution in [0.2, 0.25) is 5.02 Å². The number of H-pyrrole nitrogens is 1. The predicted molar refractivity (Wildman–Crippen MR) is 90.0 cm³/mol. The van der Waals surface area contributed by atoms with E-state index in [0.29, 0.717) is 9.66 Å². The van der Waals surface area contributed by atoms with E-state index < -0.39 is 0 Å². The van der Waals surface area contributed by atoms with Crippen molar-refractivity contribution in [3.05, 3.63) is 69.8 Å². The van der Waals surface area contributed by atoms with Gasteiger partial charge in [0.15, 0.2) is 0 Å². The predicted octanol–water partition coefficient (Wildman–Crippen LogP) is 5.44. The highest BCUT2D eigenvalue weighted by molar-refractivity contribution is 7.71. The maximum atomic E-state index is 6.05. The second-order valence-corrected chi connectivity index (χ2v) is 5.59. The van der Waals surface area contributed by atoms with Gasteiger partial charge in [-0.05, 0) is 24.6 Å². The summed E-state index contributed by atoms with van der Waals surface area (Å²) in [7, 11) is 0. The first-order chi connectivity index (χ1) is 10.1. The lowest BCUT2D eigenvalue weighted by Crippen LogP contribution is -1.97. The minimum absolute atomic E-state index is 0.600. The third kappa shape index (κ3) is 2.89. The van der Waals surface area contributed by atoms with Crippen LogP contribution in [0.3, 0.4) is 0 Å². The van der Waals surface area contributed by atoms with Gasteiger partial charge in [0.25, 0.3) is 0 Å². The van der Waals surface area contributed by atoms with E-state index in [2.05, 4.69) is 22.1 Å². The number of hydrogen-bond donors (Lipinski definition) is 1. The van der Waals surface area contributed by atoms with Gasteiger partial charge in [0.2, 0.25) is 0 Å². The first kappa shape index (κ1) is 14.0. The fourth-order valence-electron chi connectivity index (χ4n) is 2.20. The van der Waals surface area contributed by atoms with E-state index in [0.717, 1.165) is 28.2 Å². The molecule has 2 nitrogen and oxygen atoms in total. The highest BCUT2D eigenvalue weighted by Gasteiger charge is 2.08. The van der Waals surface area contributed by atoms with Gasteiger partial charge in [0.05, 0.1) is 5.69 Å². The van der Waals surface area contributed by atoms with Crippen LogP contribution in [0.15, 0.2) is 54.6 Å². The summed E-state index contributed by atoms with van der Waals surface area (Å²) in [4.78, 5) is 7.85. The summed E-state index contributed by atoms with van der Waals surface area (Å²) >= 11 is 11.5. The summed E-state index contributed by atoms with van der Waals surface area (Å²) in [6.45, 7) is 1.98. The van der Waals surface area contributed by atoms with Crippen molar-refractivity contribution in [2.24, 2.45) is 0 Å². The van der Waals surface area contributed by atoms with Gasteiger partial charge < -0.3 is 4.98 Å². The Morgan fingerprint density at radius 2 is 1.71 bits per heavy atom. The average molecular weight is 313 g/mol. The van der Waals surface area contributed by atoms with Crippen molar-refractivity contribution >= 4 is 23.8 Å². The van der Waals surface area contributed by atoms with Crippen molar-refractivity contribution in [3.8, 4) is 22.6 Å². The van der Waals surface area contributed by atoms with Crippen LogP contribution >= 0.6 is 23.8 Å². The number of hydrogen-bond acceptors (Lipinski definition) is 2. The van der Waals surface area contributed by atoms with E-state index in [4.69, 9.17) is 23.8 Å². The molecule has 0 fully saturated rings. The Labute approximate surface area is 133 Å². The standard InChI is InChI=1S/C17H13ClN2S/c1-11-15(12-6-3-2-4-7-12)19-16(20-17(11)21)13-8-5-9-14(18)10-13/h2-10H,1H3,(H,19,20,21). The maximum absolute atomic E-state index is 6.05. The van der Waals surface area contributed by atoms with Crippen LogP contribution in [0.1, 0.15) is 5.56 Å². The Morgan fingerprint density at radius 1 is 1.00 bits per heavy atom. The smallest absolute Gasteiger partial charge is 0.139 e. The molecule has 0 saturated carbocycles. The normalized spacial score (nSPS) is 10.6. The van der Waals surface area contributed by atoms with E-state index in [9.17, 15) is 0 Å². The zero-order valence-electron chi connectivity index (χ0n) is 11.4. The molecule has 0 aliphatic heterocycles. The Morgan fingerprint density at radius 3 is 2.43 bits per heavy atom. The van der Waals surface area contributed by atoms with Crippen molar-refractivity contribution < 1.29 is 0 Å². The molecule has 0 amide bonds. The average Bonchev–Trinajstić information content (AvgIpc) is 2.51. The zero-order chi connectivity index (χ0) is 14.8. The number of aromatic nitrogens is 2. The zero-order valence-corrected chi connectivity index (χ0v) is 13.0. The Hall–Kier alpha value is -1.97. The number of nitrogens with one attached hydrogen (secondary N) is 1. The molecule has 0 atom stereocenters. The molecule has 1 aromatic heterocycles. The van der Waals surface area contributed by atoms with Crippen LogP contribution in [0.5, 0.6) is 0 Å². The van der Waals surface area contributed by atoms with Gasteiger partial charge in [0.1, 0.15) is 10.5 Å². The summed E-state index contributed by atoms with van der Waals surface area (Å²) in [6, 6.07) is 17.7. The van der Waals surface area contributed by atoms with Gasteiger partial charge in [-0.2, -0.15) is 0 Å². The second-order valence-electron chi connectivity index (χ2n) is 4.77. The Bertz CT molecular complexity index is 841. The molecule has 21 heavy (non-hydrogen) atoms. The highest BCUT2D eigenvalue weighted by atomic mass is 35.5. The SMILES string of the molecule is Cc1c(-c2ccccc2)[nH]c(-c2cccc(Cl)c2)nc1=S. The van der Waals surface area contributed by atoms with Crippen LogP contribution in [-0.4, -0.2) is 9.97 Å². The molecule has 0 spiro atoms. The van der Waals surface area contributed by atoms with Crippen LogP contribution < -0.4 is 0 Å². The monoisotopic (exact) mass is 312 g/mol. The van der Waals surface area contributed by atoms with Crippen LogP contribution in [0, 0.1) is 11.6 Å². The van der Waals surface area contributed by atoms with Gasteiger partial charge in [0, 0.05) is 16.1 Å². The number of rotatable bonds is 2. The van der Waals surface area contributed by atoms with Crippen molar-refractivity contribution in [2.75, 3.05) is 0 Å². The highest BCUT2D eigenvalue weighted by Crippen LogP contribution is 2.26. The van der Waals surface area contributed by atoms with Gasteiger partial charge in [-0.25, -0.2) is 4.98 Å². The topological polar surface area (TPSA) is 28.7 Å². The summed E-state index contributed by atoms with van der Waals surface area (Å²) < 4.78 is 0.600. The van der Waals surface area contributed by atoms with E-state index >= 15 is 0 Å². The number of benzene rings is 2. The molecular formula is C17H13ClN2S. The Kier molecular flexibility index (Phi) is 3.86. The minimum Gasteiger partial charge on any atom is -0.339 e. The molecule has 0 aliphatic rings. The van der Waals surface area contributed by atoms with Crippen molar-refractivity contribution in [1.82, 2.24) is 9.97 Å². The van der Waals surface area contributed by atoms with E-state index in [1.807, 2.05) is 49.4 Å². The summed E-state index contributed by atoms with van der Waals surface area (Å²) in [5.74, 6) is 0.729. The lowest BCUT2D eigenvalue weighted by atomic mass is 10.1. The molecule has 1 N–H and O–H groups in total. The summed E-state index contributed by atoms with van der Waals surface area (Å²) in [5, 5.41) is 0.676. The molecule has 3 rings (SSSR count). The largest absolute Gasteiger partial charge is 0.339 e. The van der Waals surface area contributed by atoms with E-state index in [-0.39, 0.29) is 0 Å². The maximum Gasteiger partial charge on any atom is 0.139 e. The molecular weight excluding hydrogens is 300 g/mol. The molecule has 0 bridgehead atoms. The van der Waals surface area contributed by atoms with Crippen molar-refractivity contribution in [1.29, 1.82) is 0 Å². The first-order valence-electron chi connectivity index (χ1n) is 6.57. The fourth-order valence-corrected chi connectivity index (χ4v) is 2.58. The van der Waals surface area contributed by atoms with Gasteiger partial charge in [-0.1, -0.05) is 66.3 Å². The lowest BCUT2D eigenvalue weighted by Gasteiger charge is -2.10. The molecule has 3 aromatic rings. The third-order valence-electron chi connectivity index (χ3n) is 3.31. The second kappa shape index (κ2) is 5.80. The molecule has 4 heteroatoms. The fraction of sp³-hybridized carbons (Fsp3) is 0.0588. The van der Waals surface area contributed by atoms with E-state index in [1.165, 1.54) is 0 Å².